The first kappa shape index (κ1) is 7.41. The van der Waals surface area contributed by atoms with Gasteiger partial charge in [0, 0.05) is 0 Å². The lowest BCUT2D eigenvalue weighted by Crippen LogP contribution is -1.68. The molecule has 0 nitrogen and oxygen atoms in total. The summed E-state index contributed by atoms with van der Waals surface area (Å²) in [4.78, 5) is 0. The fourth-order valence-electron chi connectivity index (χ4n) is 0.453. The fraction of sp³-hybridized carbons (Fsp3) is 0.429. The van der Waals surface area contributed by atoms with Crippen LogP contribution in [-0.4, -0.2) is 6.67 Å². The molecule has 0 amide bonds. The minimum absolute atomic E-state index is 0.365. The number of alkyl halides is 1. The average molecular weight is 114 g/mol. The van der Waals surface area contributed by atoms with Gasteiger partial charge in [-0.2, -0.15) is 0 Å². The van der Waals surface area contributed by atoms with Gasteiger partial charge in [-0.3, -0.25) is 0 Å². The van der Waals surface area contributed by atoms with Crippen molar-refractivity contribution in [3.63, 3.8) is 0 Å². The van der Waals surface area contributed by atoms with Crippen molar-refractivity contribution in [2.45, 2.75) is 13.8 Å². The maximum absolute atomic E-state index is 11.5. The third-order valence-corrected chi connectivity index (χ3v) is 0.829. The molecule has 1 heteroatoms. The van der Waals surface area contributed by atoms with Crippen molar-refractivity contribution in [2.24, 2.45) is 0 Å². The molecule has 0 radical (unpaired) electrons. The maximum Gasteiger partial charge on any atom is 0.108 e. The van der Waals surface area contributed by atoms with E-state index in [4.69, 9.17) is 0 Å². The van der Waals surface area contributed by atoms with Gasteiger partial charge in [-0.05, 0) is 13.8 Å². The summed E-state index contributed by atoms with van der Waals surface area (Å²) in [7, 11) is 0. The summed E-state index contributed by atoms with van der Waals surface area (Å²) >= 11 is 0. The molecule has 0 N–H and O–H groups in total. The quantitative estimate of drug-likeness (QED) is 0.484. The molecule has 0 fully saturated rings. The van der Waals surface area contributed by atoms with E-state index in [1.807, 2.05) is 26.0 Å². The van der Waals surface area contributed by atoms with Gasteiger partial charge in [-0.25, -0.2) is 4.39 Å². The molecule has 0 saturated carbocycles. The van der Waals surface area contributed by atoms with E-state index in [-0.39, 0.29) is 6.67 Å². The normalized spacial score (nSPS) is 13.1. The van der Waals surface area contributed by atoms with Crippen molar-refractivity contribution in [3.05, 3.63) is 23.8 Å². The first-order valence-electron chi connectivity index (χ1n) is 2.66. The van der Waals surface area contributed by atoms with E-state index in [0.29, 0.717) is 0 Å². The Morgan fingerprint density at radius 2 is 2.25 bits per heavy atom. The lowest BCUT2D eigenvalue weighted by atomic mass is 10.3. The third-order valence-electron chi connectivity index (χ3n) is 0.829. The maximum atomic E-state index is 11.5. The van der Waals surface area contributed by atoms with Crippen molar-refractivity contribution < 1.29 is 4.39 Å². The predicted molar refractivity (Wildman–Crippen MR) is 34.5 cm³/mol. The van der Waals surface area contributed by atoms with E-state index >= 15 is 0 Å². The van der Waals surface area contributed by atoms with Crippen LogP contribution in [0.3, 0.4) is 0 Å². The summed E-state index contributed by atoms with van der Waals surface area (Å²) in [6.45, 7) is 3.42. The van der Waals surface area contributed by atoms with Crippen LogP contribution in [-0.2, 0) is 0 Å². The number of hydrogen-bond donors (Lipinski definition) is 0. The largest absolute Gasteiger partial charge is 0.247 e. The van der Waals surface area contributed by atoms with Crippen LogP contribution in [0.1, 0.15) is 13.8 Å². The SMILES string of the molecule is C/C=C\C(C)=C/CF. The van der Waals surface area contributed by atoms with E-state index in [2.05, 4.69) is 0 Å². The monoisotopic (exact) mass is 114 g/mol. The Balaban J connectivity index is 3.61. The molecule has 0 saturated heterocycles. The first-order chi connectivity index (χ1) is 3.81. The smallest absolute Gasteiger partial charge is 0.108 e. The molecular weight excluding hydrogens is 103 g/mol. The zero-order valence-corrected chi connectivity index (χ0v) is 5.32. The summed E-state index contributed by atoms with van der Waals surface area (Å²) < 4.78 is 11.5. The van der Waals surface area contributed by atoms with Gasteiger partial charge in [0.1, 0.15) is 6.67 Å². The Bertz CT molecular complexity index is 101. The topological polar surface area (TPSA) is 0 Å². The Kier molecular flexibility index (Phi) is 4.23. The Morgan fingerprint density at radius 3 is 2.62 bits per heavy atom. The van der Waals surface area contributed by atoms with Gasteiger partial charge >= 0.3 is 0 Å². The van der Waals surface area contributed by atoms with E-state index < -0.39 is 0 Å². The van der Waals surface area contributed by atoms with Crippen LogP contribution in [0.15, 0.2) is 23.8 Å². The standard InChI is InChI=1S/C7H11F/c1-3-4-7(2)5-6-8/h3-5H,6H2,1-2H3/b4-3-,7-5-. The van der Waals surface area contributed by atoms with Gasteiger partial charge in [0.05, 0.1) is 0 Å². The Labute approximate surface area is 49.7 Å². The van der Waals surface area contributed by atoms with Gasteiger partial charge in [0.2, 0.25) is 0 Å². The van der Waals surface area contributed by atoms with Gasteiger partial charge in [0.25, 0.3) is 0 Å². The minimum atomic E-state index is -0.365. The van der Waals surface area contributed by atoms with Crippen LogP contribution in [0.25, 0.3) is 0 Å². The van der Waals surface area contributed by atoms with Crippen LogP contribution in [0.5, 0.6) is 0 Å². The van der Waals surface area contributed by atoms with Crippen LogP contribution in [0, 0.1) is 0 Å². The highest BCUT2D eigenvalue weighted by Gasteiger charge is 1.75. The molecule has 0 heterocycles. The second-order valence-corrected chi connectivity index (χ2v) is 1.60. The first-order valence-corrected chi connectivity index (χ1v) is 2.66. The summed E-state index contributed by atoms with van der Waals surface area (Å²) in [5.74, 6) is 0. The van der Waals surface area contributed by atoms with Crippen LogP contribution in [0.4, 0.5) is 4.39 Å². The van der Waals surface area contributed by atoms with Gasteiger partial charge in [-0.1, -0.05) is 23.8 Å². The highest BCUT2D eigenvalue weighted by atomic mass is 19.1. The van der Waals surface area contributed by atoms with Gasteiger partial charge < -0.3 is 0 Å². The number of halogens is 1. The molecule has 0 aromatic heterocycles. The fourth-order valence-corrected chi connectivity index (χ4v) is 0.453. The Morgan fingerprint density at radius 1 is 1.62 bits per heavy atom. The molecule has 0 aromatic rings. The molecule has 0 spiro atoms. The average Bonchev–Trinajstić information content (AvgIpc) is 1.68. The van der Waals surface area contributed by atoms with Crippen LogP contribution in [0.2, 0.25) is 0 Å². The number of allylic oxidation sites excluding steroid dienone is 4. The van der Waals surface area contributed by atoms with E-state index in [1.54, 1.807) is 6.08 Å². The van der Waals surface area contributed by atoms with Crippen molar-refractivity contribution in [3.8, 4) is 0 Å². The Hall–Kier alpha value is -0.590. The molecule has 0 aliphatic carbocycles. The van der Waals surface area contributed by atoms with Crippen LogP contribution < -0.4 is 0 Å². The molecule has 0 atom stereocenters. The van der Waals surface area contributed by atoms with E-state index in [0.717, 1.165) is 5.57 Å². The summed E-state index contributed by atoms with van der Waals surface area (Å²) in [6, 6.07) is 0. The predicted octanol–water partition coefficient (Wildman–Crippen LogP) is 2.48. The second-order valence-electron chi connectivity index (χ2n) is 1.60. The summed E-state index contributed by atoms with van der Waals surface area (Å²) in [5, 5.41) is 0. The minimum Gasteiger partial charge on any atom is -0.247 e. The number of hydrogen-bond acceptors (Lipinski definition) is 0. The van der Waals surface area contributed by atoms with Gasteiger partial charge in [0.15, 0.2) is 0 Å². The molecule has 0 rings (SSSR count). The molecule has 0 aliphatic rings. The third kappa shape index (κ3) is 3.59. The number of rotatable bonds is 2. The van der Waals surface area contributed by atoms with Crippen LogP contribution >= 0.6 is 0 Å². The van der Waals surface area contributed by atoms with Crippen molar-refractivity contribution in [1.29, 1.82) is 0 Å². The highest BCUT2D eigenvalue weighted by Crippen LogP contribution is 1.92. The second kappa shape index (κ2) is 4.57. The molecule has 0 unspecified atom stereocenters. The molecule has 46 valence electrons. The van der Waals surface area contributed by atoms with Gasteiger partial charge in [-0.15, -0.1) is 0 Å². The molecule has 0 aromatic carbocycles. The molecule has 0 aliphatic heterocycles. The summed E-state index contributed by atoms with van der Waals surface area (Å²) in [6.07, 6.45) is 5.31. The lowest BCUT2D eigenvalue weighted by molar-refractivity contribution is 0.560. The lowest BCUT2D eigenvalue weighted by Gasteiger charge is -1.84. The molecule has 0 bridgehead atoms. The van der Waals surface area contributed by atoms with E-state index in [1.165, 1.54) is 0 Å². The van der Waals surface area contributed by atoms with Crippen molar-refractivity contribution >= 4 is 0 Å². The highest BCUT2D eigenvalue weighted by molar-refractivity contribution is 5.14. The van der Waals surface area contributed by atoms with E-state index in [9.17, 15) is 4.39 Å². The molecular formula is C7H11F. The van der Waals surface area contributed by atoms with Crippen molar-refractivity contribution in [1.82, 2.24) is 0 Å². The zero-order chi connectivity index (χ0) is 6.41. The molecule has 8 heavy (non-hydrogen) atoms. The summed E-state index contributed by atoms with van der Waals surface area (Å²) in [5.41, 5.74) is 0.981. The zero-order valence-electron chi connectivity index (χ0n) is 5.32. The van der Waals surface area contributed by atoms with Crippen molar-refractivity contribution in [2.75, 3.05) is 6.67 Å².